The molecule has 3 aromatic heterocycles. The van der Waals surface area contributed by atoms with Gasteiger partial charge in [0.2, 0.25) is 0 Å². The van der Waals surface area contributed by atoms with Crippen LogP contribution in [0.4, 0.5) is 0 Å². The number of hydrogen-bond donors (Lipinski definition) is 0. The molecule has 0 unspecified atom stereocenters. The topological polar surface area (TPSA) is 51.2 Å². The van der Waals surface area contributed by atoms with Crippen molar-refractivity contribution >= 4 is 16.7 Å². The van der Waals surface area contributed by atoms with Crippen molar-refractivity contribution in [3.63, 3.8) is 0 Å². The highest BCUT2D eigenvalue weighted by Gasteiger charge is 2.19. The molecular weight excluding hydrogens is 348 g/mol. The minimum absolute atomic E-state index is 0.750. The molecule has 0 radical (unpaired) electrons. The largest absolute Gasteiger partial charge is 0.328 e. The molecule has 0 aliphatic carbocycles. The standard InChI is InChI=1S/C22H28N6/c1-6-26(7-2)12-13-27-17(5)16(4)19-21(27)23-14-28-22(19)24-20(25-28)18-11-9-8-10-15(18)3/h8-11,14H,6-7,12-13H2,1-5H3. The molecule has 4 aromatic rings. The molecule has 0 saturated heterocycles. The summed E-state index contributed by atoms with van der Waals surface area (Å²) in [6.45, 7) is 14.9. The Morgan fingerprint density at radius 1 is 1.00 bits per heavy atom. The van der Waals surface area contributed by atoms with Crippen LogP contribution in [0, 0.1) is 20.8 Å². The van der Waals surface area contributed by atoms with Gasteiger partial charge >= 0.3 is 0 Å². The summed E-state index contributed by atoms with van der Waals surface area (Å²) < 4.78 is 4.14. The van der Waals surface area contributed by atoms with E-state index in [1.54, 1.807) is 6.33 Å². The summed E-state index contributed by atoms with van der Waals surface area (Å²) in [5.41, 5.74) is 6.60. The lowest BCUT2D eigenvalue weighted by atomic mass is 10.1. The first-order chi connectivity index (χ1) is 13.5. The molecule has 0 saturated carbocycles. The Bertz CT molecular complexity index is 1130. The van der Waals surface area contributed by atoms with Gasteiger partial charge in [0.25, 0.3) is 0 Å². The number of benzene rings is 1. The molecule has 1 aromatic carbocycles. The van der Waals surface area contributed by atoms with Crippen LogP contribution in [-0.4, -0.2) is 48.7 Å². The quantitative estimate of drug-likeness (QED) is 0.510. The Kier molecular flexibility index (Phi) is 4.89. The van der Waals surface area contributed by atoms with Crippen molar-refractivity contribution in [2.45, 2.75) is 41.2 Å². The molecule has 6 heteroatoms. The van der Waals surface area contributed by atoms with Gasteiger partial charge in [0.1, 0.15) is 12.0 Å². The third-order valence-corrected chi connectivity index (χ3v) is 5.87. The summed E-state index contributed by atoms with van der Waals surface area (Å²) in [7, 11) is 0. The maximum atomic E-state index is 4.90. The van der Waals surface area contributed by atoms with Gasteiger partial charge in [0.05, 0.1) is 5.39 Å². The third-order valence-electron chi connectivity index (χ3n) is 5.87. The average Bonchev–Trinajstić information content (AvgIpc) is 3.23. The van der Waals surface area contributed by atoms with E-state index in [2.05, 4.69) is 56.2 Å². The summed E-state index contributed by atoms with van der Waals surface area (Å²) in [6.07, 6.45) is 1.79. The van der Waals surface area contributed by atoms with E-state index in [-0.39, 0.29) is 0 Å². The molecule has 0 amide bonds. The van der Waals surface area contributed by atoms with Crippen LogP contribution in [-0.2, 0) is 6.54 Å². The lowest BCUT2D eigenvalue weighted by Gasteiger charge is -2.19. The normalized spacial score (nSPS) is 11.9. The summed E-state index contributed by atoms with van der Waals surface area (Å²) >= 11 is 0. The van der Waals surface area contributed by atoms with E-state index in [1.807, 2.05) is 16.6 Å². The average molecular weight is 377 g/mol. The molecule has 3 heterocycles. The smallest absolute Gasteiger partial charge is 0.182 e. The van der Waals surface area contributed by atoms with Crippen LogP contribution in [0.3, 0.4) is 0 Å². The summed E-state index contributed by atoms with van der Waals surface area (Å²) in [5, 5.41) is 5.80. The summed E-state index contributed by atoms with van der Waals surface area (Å²) in [4.78, 5) is 12.1. The van der Waals surface area contributed by atoms with Crippen LogP contribution < -0.4 is 0 Å². The van der Waals surface area contributed by atoms with Crippen molar-refractivity contribution in [2.75, 3.05) is 19.6 Å². The molecule has 146 valence electrons. The number of aromatic nitrogens is 5. The fraction of sp³-hybridized carbons (Fsp3) is 0.409. The Labute approximate surface area is 165 Å². The van der Waals surface area contributed by atoms with Crippen LogP contribution in [0.1, 0.15) is 30.7 Å². The van der Waals surface area contributed by atoms with Crippen LogP contribution in [0.25, 0.3) is 28.1 Å². The number of nitrogens with zero attached hydrogens (tertiary/aromatic N) is 6. The number of likely N-dealkylation sites (N-methyl/N-ethyl adjacent to an activating group) is 1. The third kappa shape index (κ3) is 2.98. The molecular formula is C22H28N6. The number of rotatable bonds is 6. The van der Waals surface area contributed by atoms with E-state index < -0.39 is 0 Å². The maximum Gasteiger partial charge on any atom is 0.182 e. The van der Waals surface area contributed by atoms with E-state index in [1.165, 1.54) is 16.8 Å². The molecule has 0 aliphatic rings. The van der Waals surface area contributed by atoms with Gasteiger partial charge in [0, 0.05) is 24.3 Å². The first-order valence-electron chi connectivity index (χ1n) is 10.0. The zero-order valence-electron chi connectivity index (χ0n) is 17.4. The van der Waals surface area contributed by atoms with Crippen molar-refractivity contribution in [3.8, 4) is 11.4 Å². The second-order valence-electron chi connectivity index (χ2n) is 7.35. The van der Waals surface area contributed by atoms with Gasteiger partial charge in [-0.25, -0.2) is 14.5 Å². The van der Waals surface area contributed by atoms with E-state index in [0.717, 1.165) is 54.2 Å². The molecule has 0 atom stereocenters. The highest BCUT2D eigenvalue weighted by molar-refractivity contribution is 5.94. The minimum Gasteiger partial charge on any atom is -0.328 e. The first-order valence-corrected chi connectivity index (χ1v) is 10.0. The summed E-state index contributed by atoms with van der Waals surface area (Å²) in [5.74, 6) is 0.750. The van der Waals surface area contributed by atoms with Crippen LogP contribution in [0.2, 0.25) is 0 Å². The van der Waals surface area contributed by atoms with Crippen LogP contribution in [0.15, 0.2) is 30.6 Å². The number of fused-ring (bicyclic) bond motifs is 3. The monoisotopic (exact) mass is 376 g/mol. The fourth-order valence-electron chi connectivity index (χ4n) is 3.92. The van der Waals surface area contributed by atoms with Crippen molar-refractivity contribution in [1.82, 2.24) is 29.0 Å². The van der Waals surface area contributed by atoms with Crippen molar-refractivity contribution < 1.29 is 0 Å². The van der Waals surface area contributed by atoms with Crippen molar-refractivity contribution in [1.29, 1.82) is 0 Å². The number of aryl methyl sites for hydroxylation is 2. The van der Waals surface area contributed by atoms with Gasteiger partial charge in [-0.2, -0.15) is 0 Å². The Morgan fingerprint density at radius 3 is 2.46 bits per heavy atom. The molecule has 4 rings (SSSR count). The molecule has 0 bridgehead atoms. The zero-order valence-corrected chi connectivity index (χ0v) is 17.4. The fourth-order valence-corrected chi connectivity index (χ4v) is 3.92. The van der Waals surface area contributed by atoms with Gasteiger partial charge in [-0.05, 0) is 45.0 Å². The second kappa shape index (κ2) is 7.36. The van der Waals surface area contributed by atoms with Crippen molar-refractivity contribution in [3.05, 3.63) is 47.4 Å². The van der Waals surface area contributed by atoms with E-state index in [9.17, 15) is 0 Å². The minimum atomic E-state index is 0.750. The Morgan fingerprint density at radius 2 is 1.75 bits per heavy atom. The predicted molar refractivity (Wildman–Crippen MR) is 114 cm³/mol. The van der Waals surface area contributed by atoms with Gasteiger partial charge < -0.3 is 9.47 Å². The van der Waals surface area contributed by atoms with E-state index in [4.69, 9.17) is 15.1 Å². The molecule has 0 fully saturated rings. The molecule has 28 heavy (non-hydrogen) atoms. The number of hydrogen-bond acceptors (Lipinski definition) is 4. The van der Waals surface area contributed by atoms with Crippen LogP contribution in [0.5, 0.6) is 0 Å². The van der Waals surface area contributed by atoms with Crippen molar-refractivity contribution in [2.24, 2.45) is 0 Å². The van der Waals surface area contributed by atoms with Gasteiger partial charge in [-0.1, -0.05) is 38.1 Å². The van der Waals surface area contributed by atoms with Gasteiger partial charge in [-0.3, -0.25) is 0 Å². The van der Waals surface area contributed by atoms with Gasteiger partial charge in [0.15, 0.2) is 11.5 Å². The maximum absolute atomic E-state index is 4.90. The highest BCUT2D eigenvalue weighted by atomic mass is 15.3. The summed E-state index contributed by atoms with van der Waals surface area (Å²) in [6, 6.07) is 8.23. The SMILES string of the molecule is CCN(CC)CCn1c(C)c(C)c2c1ncn1nc(-c3ccccc3C)nc21. The lowest BCUT2D eigenvalue weighted by Crippen LogP contribution is -2.27. The van der Waals surface area contributed by atoms with E-state index >= 15 is 0 Å². The predicted octanol–water partition coefficient (Wildman–Crippen LogP) is 4.01. The van der Waals surface area contributed by atoms with Gasteiger partial charge in [-0.15, -0.1) is 5.10 Å². The molecule has 6 nitrogen and oxygen atoms in total. The second-order valence-corrected chi connectivity index (χ2v) is 7.35. The van der Waals surface area contributed by atoms with E-state index in [0.29, 0.717) is 0 Å². The highest BCUT2D eigenvalue weighted by Crippen LogP contribution is 2.28. The Balaban J connectivity index is 1.84. The molecule has 0 aliphatic heterocycles. The molecule has 0 spiro atoms. The Hall–Kier alpha value is -2.73. The lowest BCUT2D eigenvalue weighted by molar-refractivity contribution is 0.291. The first kappa shape index (κ1) is 18.6. The zero-order chi connectivity index (χ0) is 19.8. The van der Waals surface area contributed by atoms with Crippen LogP contribution >= 0.6 is 0 Å². The molecule has 0 N–H and O–H groups in total.